The van der Waals surface area contributed by atoms with Gasteiger partial charge in [0.1, 0.15) is 5.69 Å². The lowest BCUT2D eigenvalue weighted by molar-refractivity contribution is 0.0935. The molecule has 3 aromatic rings. The molecular formula is C18H19N3O3S2. The van der Waals surface area contributed by atoms with E-state index in [-0.39, 0.29) is 17.7 Å². The summed E-state index contributed by atoms with van der Waals surface area (Å²) >= 11 is 1.59. The quantitative estimate of drug-likeness (QED) is 0.718. The van der Waals surface area contributed by atoms with Crippen LogP contribution in [0.25, 0.3) is 10.2 Å². The molecule has 0 bridgehead atoms. The Kier molecular flexibility index (Phi) is 4.24. The number of H-pyrrole nitrogens is 1. The van der Waals surface area contributed by atoms with Crippen LogP contribution in [0.1, 0.15) is 35.4 Å². The van der Waals surface area contributed by atoms with Crippen molar-refractivity contribution in [1.82, 2.24) is 10.3 Å². The Morgan fingerprint density at radius 3 is 2.69 bits per heavy atom. The average molecular weight is 390 g/mol. The van der Waals surface area contributed by atoms with Crippen LogP contribution >= 0.6 is 11.3 Å². The highest BCUT2D eigenvalue weighted by Gasteiger charge is 2.28. The predicted octanol–water partition coefficient (Wildman–Crippen LogP) is 3.26. The second-order valence-electron chi connectivity index (χ2n) is 6.41. The number of hydrogen-bond donors (Lipinski definition) is 2. The second kappa shape index (κ2) is 6.44. The zero-order valence-electron chi connectivity index (χ0n) is 14.2. The number of nitrogens with zero attached hydrogens (tertiary/aromatic N) is 1. The van der Waals surface area contributed by atoms with Gasteiger partial charge in [0.2, 0.25) is 10.0 Å². The number of fused-ring (bicyclic) bond motifs is 1. The van der Waals surface area contributed by atoms with Crippen molar-refractivity contribution in [2.24, 2.45) is 0 Å². The van der Waals surface area contributed by atoms with Crippen LogP contribution in [0.3, 0.4) is 0 Å². The molecule has 6 nitrogen and oxygen atoms in total. The summed E-state index contributed by atoms with van der Waals surface area (Å²) in [5, 5.41) is 4.95. The van der Waals surface area contributed by atoms with Crippen molar-refractivity contribution in [3.05, 3.63) is 53.0 Å². The molecule has 0 radical (unpaired) electrons. The van der Waals surface area contributed by atoms with Gasteiger partial charge in [0.15, 0.2) is 0 Å². The monoisotopic (exact) mass is 389 g/mol. The third-order valence-corrected chi connectivity index (χ3v) is 7.35. The third kappa shape index (κ3) is 3.10. The van der Waals surface area contributed by atoms with Gasteiger partial charge >= 0.3 is 0 Å². The summed E-state index contributed by atoms with van der Waals surface area (Å²) in [5.74, 6) is 0.0431. The van der Waals surface area contributed by atoms with Crippen LogP contribution in [-0.2, 0) is 10.0 Å². The van der Waals surface area contributed by atoms with Crippen LogP contribution in [0.5, 0.6) is 0 Å². The number of rotatable bonds is 4. The van der Waals surface area contributed by atoms with E-state index in [2.05, 4.69) is 10.3 Å². The molecule has 2 N–H and O–H groups in total. The number of amides is 1. The fourth-order valence-electron chi connectivity index (χ4n) is 3.19. The molecule has 1 aliphatic rings. The molecule has 1 fully saturated rings. The van der Waals surface area contributed by atoms with E-state index in [1.54, 1.807) is 23.5 Å². The largest absolute Gasteiger partial charge is 0.350 e. The summed E-state index contributed by atoms with van der Waals surface area (Å²) in [7, 11) is -3.18. The minimum Gasteiger partial charge on any atom is -0.350 e. The van der Waals surface area contributed by atoms with Crippen molar-refractivity contribution in [3.63, 3.8) is 0 Å². The van der Waals surface area contributed by atoms with Crippen LogP contribution in [0.2, 0.25) is 0 Å². The van der Waals surface area contributed by atoms with Gasteiger partial charge in [-0.05, 0) is 48.6 Å². The number of benzene rings is 1. The van der Waals surface area contributed by atoms with E-state index in [4.69, 9.17) is 0 Å². The maximum atomic E-state index is 12.4. The SMILES string of the molecule is CC(NC(=O)c1cc2sccc2[nH]1)c1ccc(N2CCCS2(=O)=O)cc1. The van der Waals surface area contributed by atoms with Crippen molar-refractivity contribution in [1.29, 1.82) is 0 Å². The van der Waals surface area contributed by atoms with E-state index in [9.17, 15) is 13.2 Å². The maximum Gasteiger partial charge on any atom is 0.268 e. The first-order valence-electron chi connectivity index (χ1n) is 8.41. The highest BCUT2D eigenvalue weighted by atomic mass is 32.2. The van der Waals surface area contributed by atoms with Crippen LogP contribution in [-0.4, -0.2) is 31.6 Å². The number of nitrogens with one attached hydrogen (secondary N) is 2. The maximum absolute atomic E-state index is 12.4. The highest BCUT2D eigenvalue weighted by Crippen LogP contribution is 2.26. The van der Waals surface area contributed by atoms with Gasteiger partial charge in [-0.2, -0.15) is 0 Å². The highest BCUT2D eigenvalue weighted by molar-refractivity contribution is 7.93. The van der Waals surface area contributed by atoms with Gasteiger partial charge < -0.3 is 10.3 Å². The summed E-state index contributed by atoms with van der Waals surface area (Å²) in [6, 6.07) is 10.9. The number of thiophene rings is 1. The van der Waals surface area contributed by atoms with Gasteiger partial charge in [-0.1, -0.05) is 12.1 Å². The molecule has 1 saturated heterocycles. The Balaban J connectivity index is 1.47. The molecule has 1 aromatic carbocycles. The average Bonchev–Trinajstić information content (AvgIpc) is 3.28. The molecule has 4 rings (SSSR count). The lowest BCUT2D eigenvalue weighted by Gasteiger charge is -2.19. The fraction of sp³-hybridized carbons (Fsp3) is 0.278. The molecular weight excluding hydrogens is 370 g/mol. The Morgan fingerprint density at radius 2 is 2.04 bits per heavy atom. The molecule has 0 aliphatic carbocycles. The molecule has 2 aromatic heterocycles. The van der Waals surface area contributed by atoms with Crippen molar-refractivity contribution in [3.8, 4) is 0 Å². The Labute approximate surface area is 155 Å². The Bertz CT molecular complexity index is 1020. The number of anilines is 1. The summed E-state index contributed by atoms with van der Waals surface area (Å²) in [6.45, 7) is 2.43. The lowest BCUT2D eigenvalue weighted by Crippen LogP contribution is -2.27. The third-order valence-electron chi connectivity index (χ3n) is 4.61. The minimum atomic E-state index is -3.18. The zero-order valence-corrected chi connectivity index (χ0v) is 15.9. The van der Waals surface area contributed by atoms with Gasteiger partial charge in [0, 0.05) is 6.54 Å². The molecule has 1 unspecified atom stereocenters. The topological polar surface area (TPSA) is 82.3 Å². The van der Waals surface area contributed by atoms with Crippen molar-refractivity contribution in [2.75, 3.05) is 16.6 Å². The molecule has 136 valence electrons. The molecule has 0 saturated carbocycles. The second-order valence-corrected chi connectivity index (χ2v) is 9.37. The molecule has 8 heteroatoms. The fourth-order valence-corrected chi connectivity index (χ4v) is 5.53. The van der Waals surface area contributed by atoms with Gasteiger partial charge in [-0.3, -0.25) is 9.10 Å². The van der Waals surface area contributed by atoms with Crippen LogP contribution in [0, 0.1) is 0 Å². The van der Waals surface area contributed by atoms with E-state index in [1.165, 1.54) is 4.31 Å². The van der Waals surface area contributed by atoms with Crippen molar-refractivity contribution in [2.45, 2.75) is 19.4 Å². The number of aromatic nitrogens is 1. The smallest absolute Gasteiger partial charge is 0.268 e. The van der Waals surface area contributed by atoms with Gasteiger partial charge in [0.05, 0.1) is 27.7 Å². The predicted molar refractivity (Wildman–Crippen MR) is 104 cm³/mol. The Morgan fingerprint density at radius 1 is 1.27 bits per heavy atom. The summed E-state index contributed by atoms with van der Waals surface area (Å²) in [5.41, 5.74) is 3.10. The normalized spacial score (nSPS) is 17.5. The summed E-state index contributed by atoms with van der Waals surface area (Å²) in [6.07, 6.45) is 0.657. The van der Waals surface area contributed by atoms with Gasteiger partial charge in [-0.15, -0.1) is 11.3 Å². The van der Waals surface area contributed by atoms with Crippen LogP contribution < -0.4 is 9.62 Å². The molecule has 1 amide bonds. The first-order chi connectivity index (χ1) is 12.4. The van der Waals surface area contributed by atoms with E-state index < -0.39 is 10.0 Å². The Hall–Kier alpha value is -2.32. The van der Waals surface area contributed by atoms with E-state index >= 15 is 0 Å². The molecule has 26 heavy (non-hydrogen) atoms. The first-order valence-corrected chi connectivity index (χ1v) is 10.9. The number of aromatic amines is 1. The minimum absolute atomic E-state index is 0.160. The van der Waals surface area contributed by atoms with Gasteiger partial charge in [-0.25, -0.2) is 8.42 Å². The molecule has 1 atom stereocenters. The van der Waals surface area contributed by atoms with Crippen molar-refractivity contribution < 1.29 is 13.2 Å². The molecule has 3 heterocycles. The molecule has 0 spiro atoms. The van der Waals surface area contributed by atoms with Crippen molar-refractivity contribution >= 4 is 43.2 Å². The first kappa shape index (κ1) is 17.1. The number of carbonyl (C=O) groups excluding carboxylic acids is 1. The number of hydrogen-bond acceptors (Lipinski definition) is 4. The van der Waals surface area contributed by atoms with E-state index in [0.717, 1.165) is 15.8 Å². The van der Waals surface area contributed by atoms with E-state index in [0.29, 0.717) is 24.3 Å². The van der Waals surface area contributed by atoms with Gasteiger partial charge in [0.25, 0.3) is 5.91 Å². The number of sulfonamides is 1. The van der Waals surface area contributed by atoms with E-state index in [1.807, 2.05) is 36.6 Å². The number of carbonyl (C=O) groups is 1. The molecule has 1 aliphatic heterocycles. The summed E-state index contributed by atoms with van der Waals surface area (Å²) in [4.78, 5) is 15.5. The van der Waals surface area contributed by atoms with Crippen LogP contribution in [0.15, 0.2) is 41.8 Å². The standard InChI is InChI=1S/C18H19N3O3S2/c1-12(19-18(22)16-11-17-15(20-16)7-9-25-17)13-3-5-14(6-4-13)21-8-2-10-26(21,23)24/h3-7,9,11-12,20H,2,8,10H2,1H3,(H,19,22). The lowest BCUT2D eigenvalue weighted by atomic mass is 10.1. The van der Waals surface area contributed by atoms with Crippen LogP contribution in [0.4, 0.5) is 5.69 Å². The summed E-state index contributed by atoms with van der Waals surface area (Å²) < 4.78 is 26.5. The zero-order chi connectivity index (χ0) is 18.3.